The Morgan fingerprint density at radius 3 is 2.65 bits per heavy atom. The summed E-state index contributed by atoms with van der Waals surface area (Å²) < 4.78 is 26.4. The Labute approximate surface area is 100 Å². The first-order valence-corrected chi connectivity index (χ1v) is 6.28. The molecule has 0 radical (unpaired) electrons. The molecule has 7 heteroatoms. The van der Waals surface area contributed by atoms with Crippen molar-refractivity contribution in [3.63, 3.8) is 0 Å². The lowest BCUT2D eigenvalue weighted by Crippen LogP contribution is -2.36. The molecule has 1 rings (SSSR count). The molecule has 1 aromatic rings. The molecular weight excluding hydrogens is 244 g/mol. The smallest absolute Gasteiger partial charge is 0.318 e. The van der Waals surface area contributed by atoms with Gasteiger partial charge in [0.1, 0.15) is 6.54 Å². The van der Waals surface area contributed by atoms with E-state index in [9.17, 15) is 13.2 Å². The van der Waals surface area contributed by atoms with Crippen LogP contribution in [0.25, 0.3) is 0 Å². The van der Waals surface area contributed by atoms with Gasteiger partial charge in [0.15, 0.2) is 0 Å². The van der Waals surface area contributed by atoms with E-state index in [-0.39, 0.29) is 0 Å². The highest BCUT2D eigenvalue weighted by atomic mass is 32.2. The third kappa shape index (κ3) is 4.04. The largest absolute Gasteiger partial charge is 0.480 e. The van der Waals surface area contributed by atoms with Gasteiger partial charge in [-0.3, -0.25) is 9.52 Å². The predicted octanol–water partition coefficient (Wildman–Crippen LogP) is 0.668. The monoisotopic (exact) mass is 258 g/mol. The molecule has 94 valence electrons. The third-order valence-corrected chi connectivity index (χ3v) is 3.48. The van der Waals surface area contributed by atoms with Gasteiger partial charge in [0.05, 0.1) is 5.69 Å². The second-order valence-corrected chi connectivity index (χ2v) is 5.40. The minimum absolute atomic E-state index is 0.405. The Balaban J connectivity index is 2.83. The number of anilines is 1. The van der Waals surface area contributed by atoms with E-state index >= 15 is 0 Å². The van der Waals surface area contributed by atoms with Crippen molar-refractivity contribution >= 4 is 21.9 Å². The van der Waals surface area contributed by atoms with Crippen LogP contribution in [0.2, 0.25) is 0 Å². The lowest BCUT2D eigenvalue weighted by Gasteiger charge is -2.16. The standard InChI is InChI=1S/C10H14N2O4S/c1-8-4-3-5-9(6-8)11-17(15,16)12(2)7-10(13)14/h3-6,11H,7H2,1-2H3,(H,13,14). The molecule has 0 fully saturated rings. The molecule has 0 aliphatic rings. The summed E-state index contributed by atoms with van der Waals surface area (Å²) in [6.07, 6.45) is 0. The number of hydrogen-bond donors (Lipinski definition) is 2. The lowest BCUT2D eigenvalue weighted by molar-refractivity contribution is -0.137. The molecule has 1 aromatic carbocycles. The number of carboxylic acids is 1. The maximum absolute atomic E-state index is 11.7. The molecule has 0 unspecified atom stereocenters. The van der Waals surface area contributed by atoms with Gasteiger partial charge in [-0.1, -0.05) is 12.1 Å². The number of hydrogen-bond acceptors (Lipinski definition) is 3. The fourth-order valence-corrected chi connectivity index (χ4v) is 2.07. The number of carboxylic acid groups (broad SMARTS) is 1. The van der Waals surface area contributed by atoms with Gasteiger partial charge < -0.3 is 5.11 Å². The Morgan fingerprint density at radius 1 is 1.47 bits per heavy atom. The summed E-state index contributed by atoms with van der Waals surface area (Å²) in [7, 11) is -2.62. The third-order valence-electron chi connectivity index (χ3n) is 2.03. The van der Waals surface area contributed by atoms with E-state index in [0.717, 1.165) is 9.87 Å². The Bertz CT molecular complexity index is 513. The van der Waals surface area contributed by atoms with Crippen molar-refractivity contribution in [3.05, 3.63) is 29.8 Å². The fourth-order valence-electron chi connectivity index (χ4n) is 1.21. The van der Waals surface area contributed by atoms with Crippen molar-refractivity contribution in [2.45, 2.75) is 6.92 Å². The van der Waals surface area contributed by atoms with Gasteiger partial charge >= 0.3 is 16.2 Å². The van der Waals surface area contributed by atoms with E-state index in [1.54, 1.807) is 18.2 Å². The summed E-state index contributed by atoms with van der Waals surface area (Å²) in [6, 6.07) is 6.80. The Hall–Kier alpha value is -1.60. The number of rotatable bonds is 5. The number of aryl methyl sites for hydroxylation is 1. The first-order valence-electron chi connectivity index (χ1n) is 4.84. The average Bonchev–Trinajstić information content (AvgIpc) is 2.15. The van der Waals surface area contributed by atoms with Crippen LogP contribution < -0.4 is 4.72 Å². The Morgan fingerprint density at radius 2 is 2.12 bits per heavy atom. The number of nitrogens with zero attached hydrogens (tertiary/aromatic N) is 1. The van der Waals surface area contributed by atoms with Crippen LogP contribution in [0.1, 0.15) is 5.56 Å². The number of carbonyl (C=O) groups is 1. The van der Waals surface area contributed by atoms with Crippen LogP contribution in [0.3, 0.4) is 0 Å². The number of aliphatic carboxylic acids is 1. The molecule has 0 saturated heterocycles. The van der Waals surface area contributed by atoms with E-state index in [2.05, 4.69) is 4.72 Å². The minimum Gasteiger partial charge on any atom is -0.480 e. The van der Waals surface area contributed by atoms with E-state index < -0.39 is 22.7 Å². The van der Waals surface area contributed by atoms with Gasteiger partial charge in [-0.15, -0.1) is 0 Å². The highest BCUT2D eigenvalue weighted by Crippen LogP contribution is 2.12. The molecule has 0 aliphatic heterocycles. The minimum atomic E-state index is -3.82. The molecule has 2 N–H and O–H groups in total. The maximum atomic E-state index is 11.7. The van der Waals surface area contributed by atoms with E-state index in [4.69, 9.17) is 5.11 Å². The first kappa shape index (κ1) is 13.5. The molecule has 0 bridgehead atoms. The van der Waals surface area contributed by atoms with Crippen molar-refractivity contribution < 1.29 is 18.3 Å². The molecule has 0 saturated carbocycles. The van der Waals surface area contributed by atoms with E-state index in [1.165, 1.54) is 7.05 Å². The van der Waals surface area contributed by atoms with Crippen LogP contribution in [-0.4, -0.2) is 37.4 Å². The normalized spacial score (nSPS) is 11.5. The van der Waals surface area contributed by atoms with Gasteiger partial charge in [-0.25, -0.2) is 0 Å². The van der Waals surface area contributed by atoms with E-state index in [0.29, 0.717) is 5.69 Å². The van der Waals surface area contributed by atoms with Crippen LogP contribution in [0, 0.1) is 6.92 Å². The number of nitrogens with one attached hydrogen (secondary N) is 1. The van der Waals surface area contributed by atoms with Crippen molar-refractivity contribution in [3.8, 4) is 0 Å². The highest BCUT2D eigenvalue weighted by Gasteiger charge is 2.19. The zero-order chi connectivity index (χ0) is 13.1. The van der Waals surface area contributed by atoms with Crippen LogP contribution in [0.4, 0.5) is 5.69 Å². The van der Waals surface area contributed by atoms with E-state index in [1.807, 2.05) is 13.0 Å². The molecular formula is C10H14N2O4S. The predicted molar refractivity (Wildman–Crippen MR) is 64.0 cm³/mol. The molecule has 0 aromatic heterocycles. The highest BCUT2D eigenvalue weighted by molar-refractivity contribution is 7.90. The summed E-state index contributed by atoms with van der Waals surface area (Å²) in [5, 5.41) is 8.52. The van der Waals surface area contributed by atoms with Crippen LogP contribution in [0.15, 0.2) is 24.3 Å². The van der Waals surface area contributed by atoms with Gasteiger partial charge in [-0.05, 0) is 24.6 Å². The molecule has 0 heterocycles. The van der Waals surface area contributed by atoms with Crippen LogP contribution in [-0.2, 0) is 15.0 Å². The van der Waals surface area contributed by atoms with Crippen LogP contribution in [0.5, 0.6) is 0 Å². The van der Waals surface area contributed by atoms with Crippen molar-refractivity contribution in [2.75, 3.05) is 18.3 Å². The second-order valence-electron chi connectivity index (χ2n) is 3.63. The fraction of sp³-hybridized carbons (Fsp3) is 0.300. The summed E-state index contributed by atoms with van der Waals surface area (Å²) in [4.78, 5) is 10.4. The van der Waals surface area contributed by atoms with Gasteiger partial charge in [0.25, 0.3) is 0 Å². The molecule has 17 heavy (non-hydrogen) atoms. The Kier molecular flexibility index (Phi) is 4.08. The van der Waals surface area contributed by atoms with Gasteiger partial charge in [-0.2, -0.15) is 12.7 Å². The van der Waals surface area contributed by atoms with Crippen LogP contribution >= 0.6 is 0 Å². The molecule has 0 amide bonds. The molecule has 0 spiro atoms. The zero-order valence-corrected chi connectivity index (χ0v) is 10.4. The lowest BCUT2D eigenvalue weighted by atomic mass is 10.2. The SMILES string of the molecule is Cc1cccc(NS(=O)(=O)N(C)CC(=O)O)c1. The molecule has 0 atom stereocenters. The first-order chi connectivity index (χ1) is 7.81. The summed E-state index contributed by atoms with van der Waals surface area (Å²) in [5.74, 6) is -1.21. The number of benzene rings is 1. The summed E-state index contributed by atoms with van der Waals surface area (Å²) in [6.45, 7) is 1.25. The second kappa shape index (κ2) is 5.15. The summed E-state index contributed by atoms with van der Waals surface area (Å²) >= 11 is 0. The van der Waals surface area contributed by atoms with Gasteiger partial charge in [0, 0.05) is 7.05 Å². The molecule has 6 nitrogen and oxygen atoms in total. The van der Waals surface area contributed by atoms with Crippen molar-refractivity contribution in [1.29, 1.82) is 0 Å². The molecule has 0 aliphatic carbocycles. The topological polar surface area (TPSA) is 86.7 Å². The average molecular weight is 258 g/mol. The van der Waals surface area contributed by atoms with Crippen molar-refractivity contribution in [1.82, 2.24) is 4.31 Å². The summed E-state index contributed by atoms with van der Waals surface area (Å²) in [5.41, 5.74) is 1.31. The maximum Gasteiger partial charge on any atom is 0.318 e. The van der Waals surface area contributed by atoms with Crippen molar-refractivity contribution in [2.24, 2.45) is 0 Å². The quantitative estimate of drug-likeness (QED) is 0.812. The van der Waals surface area contributed by atoms with Gasteiger partial charge in [0.2, 0.25) is 0 Å². The number of likely N-dealkylation sites (N-methyl/N-ethyl adjacent to an activating group) is 1. The zero-order valence-electron chi connectivity index (χ0n) is 9.54.